The van der Waals surface area contributed by atoms with E-state index in [1.54, 1.807) is 23.5 Å². The Bertz CT molecular complexity index is 945. The van der Waals surface area contributed by atoms with Gasteiger partial charge in [0, 0.05) is 28.8 Å². The first-order chi connectivity index (χ1) is 13.6. The highest BCUT2D eigenvalue weighted by atomic mass is 32.1. The summed E-state index contributed by atoms with van der Waals surface area (Å²) in [6, 6.07) is 15.4. The Morgan fingerprint density at radius 2 is 1.79 bits per heavy atom. The molecule has 1 aromatic heterocycles. The van der Waals surface area contributed by atoms with Crippen molar-refractivity contribution in [3.63, 3.8) is 0 Å². The molecule has 28 heavy (non-hydrogen) atoms. The summed E-state index contributed by atoms with van der Waals surface area (Å²) >= 11 is 1.71. The molecule has 0 amide bonds. The SMILES string of the molecule is Cc1ccc(-c2nc(C[NH+]3CCN(c4ccc([N+](=O)[O-])cc4)CC3)cs2)cc1. The van der Waals surface area contributed by atoms with Crippen LogP contribution in [0.15, 0.2) is 53.9 Å². The van der Waals surface area contributed by atoms with Gasteiger partial charge in [0.1, 0.15) is 17.2 Å². The molecule has 0 radical (unpaired) electrons. The van der Waals surface area contributed by atoms with Crippen LogP contribution >= 0.6 is 11.3 Å². The highest BCUT2D eigenvalue weighted by molar-refractivity contribution is 7.13. The van der Waals surface area contributed by atoms with Crippen molar-refractivity contribution < 1.29 is 9.82 Å². The minimum atomic E-state index is -0.357. The lowest BCUT2D eigenvalue weighted by molar-refractivity contribution is -0.914. The monoisotopic (exact) mass is 395 g/mol. The van der Waals surface area contributed by atoms with Crippen LogP contribution in [0.25, 0.3) is 10.6 Å². The molecule has 1 saturated heterocycles. The van der Waals surface area contributed by atoms with Crippen molar-refractivity contribution in [3.8, 4) is 10.6 Å². The van der Waals surface area contributed by atoms with E-state index >= 15 is 0 Å². The number of nitrogens with zero attached hydrogens (tertiary/aromatic N) is 3. The largest absolute Gasteiger partial charge is 0.360 e. The van der Waals surface area contributed by atoms with Gasteiger partial charge in [0.05, 0.1) is 31.1 Å². The number of rotatable bonds is 5. The molecule has 2 heterocycles. The summed E-state index contributed by atoms with van der Waals surface area (Å²) in [5.74, 6) is 0. The normalized spacial score (nSPS) is 15.0. The lowest BCUT2D eigenvalue weighted by atomic mass is 10.2. The second-order valence-electron chi connectivity index (χ2n) is 7.20. The summed E-state index contributed by atoms with van der Waals surface area (Å²) in [6.45, 7) is 7.00. The van der Waals surface area contributed by atoms with Crippen LogP contribution in [0.5, 0.6) is 0 Å². The minimum Gasteiger partial charge on any atom is -0.360 e. The molecule has 0 bridgehead atoms. The zero-order valence-electron chi connectivity index (χ0n) is 15.8. The molecule has 3 aromatic rings. The average molecular weight is 396 g/mol. The van der Waals surface area contributed by atoms with E-state index in [0.717, 1.165) is 49.1 Å². The van der Waals surface area contributed by atoms with Crippen LogP contribution in [0.1, 0.15) is 11.3 Å². The Balaban J connectivity index is 1.33. The minimum absolute atomic E-state index is 0.140. The van der Waals surface area contributed by atoms with E-state index in [1.165, 1.54) is 16.0 Å². The van der Waals surface area contributed by atoms with Gasteiger partial charge >= 0.3 is 0 Å². The first-order valence-corrected chi connectivity index (χ1v) is 10.3. The van der Waals surface area contributed by atoms with Crippen LogP contribution in [0.4, 0.5) is 11.4 Å². The second kappa shape index (κ2) is 8.08. The van der Waals surface area contributed by atoms with Crippen molar-refractivity contribution in [1.82, 2.24) is 4.98 Å². The fourth-order valence-electron chi connectivity index (χ4n) is 3.52. The first kappa shape index (κ1) is 18.6. The number of hydrogen-bond donors (Lipinski definition) is 1. The standard InChI is InChI=1S/C21H22N4O2S/c1-16-2-4-17(5-3-16)21-22-18(15-28-21)14-23-10-12-24(13-11-23)19-6-8-20(9-7-19)25(26)27/h2-9,15H,10-14H2,1H3/p+1. The van der Waals surface area contributed by atoms with Gasteiger partial charge in [-0.2, -0.15) is 0 Å². The molecule has 1 aliphatic rings. The predicted molar refractivity (Wildman–Crippen MR) is 112 cm³/mol. The molecule has 0 saturated carbocycles. The molecule has 0 spiro atoms. The molecule has 0 atom stereocenters. The number of nitro groups is 1. The summed E-state index contributed by atoms with van der Waals surface area (Å²) in [4.78, 5) is 19.1. The lowest BCUT2D eigenvalue weighted by Crippen LogP contribution is -3.13. The number of nitro benzene ring substituents is 1. The molecule has 1 aliphatic heterocycles. The molecule has 1 N–H and O–H groups in total. The van der Waals surface area contributed by atoms with Crippen molar-refractivity contribution in [2.24, 2.45) is 0 Å². The second-order valence-corrected chi connectivity index (χ2v) is 8.06. The highest BCUT2D eigenvalue weighted by Crippen LogP contribution is 2.24. The van der Waals surface area contributed by atoms with Gasteiger partial charge in [-0.3, -0.25) is 10.1 Å². The molecule has 6 nitrogen and oxygen atoms in total. The van der Waals surface area contributed by atoms with Crippen molar-refractivity contribution >= 4 is 22.7 Å². The van der Waals surface area contributed by atoms with E-state index in [1.807, 2.05) is 12.1 Å². The van der Waals surface area contributed by atoms with Crippen LogP contribution in [0, 0.1) is 17.0 Å². The van der Waals surface area contributed by atoms with Crippen LogP contribution in [0.2, 0.25) is 0 Å². The number of hydrogen-bond acceptors (Lipinski definition) is 5. The molecule has 144 valence electrons. The van der Waals surface area contributed by atoms with Crippen molar-refractivity contribution in [1.29, 1.82) is 0 Å². The number of nitrogens with one attached hydrogen (secondary N) is 1. The van der Waals surface area contributed by atoms with Gasteiger partial charge in [0.25, 0.3) is 5.69 Å². The number of aromatic nitrogens is 1. The summed E-state index contributed by atoms with van der Waals surface area (Å²) in [7, 11) is 0. The van der Waals surface area contributed by atoms with E-state index in [2.05, 4.69) is 41.5 Å². The number of aryl methyl sites for hydroxylation is 1. The molecule has 7 heteroatoms. The van der Waals surface area contributed by atoms with E-state index in [9.17, 15) is 10.1 Å². The zero-order valence-corrected chi connectivity index (χ0v) is 16.6. The molecular weight excluding hydrogens is 372 g/mol. The third-order valence-corrected chi connectivity index (χ3v) is 6.12. The first-order valence-electron chi connectivity index (χ1n) is 9.43. The van der Waals surface area contributed by atoms with Gasteiger partial charge in [0.15, 0.2) is 0 Å². The Kier molecular flexibility index (Phi) is 5.36. The maximum absolute atomic E-state index is 10.8. The van der Waals surface area contributed by atoms with Gasteiger partial charge in [-0.15, -0.1) is 11.3 Å². The fourth-order valence-corrected chi connectivity index (χ4v) is 4.34. The van der Waals surface area contributed by atoms with Crippen molar-refractivity contribution in [2.75, 3.05) is 31.1 Å². The number of thiazole rings is 1. The van der Waals surface area contributed by atoms with E-state index in [4.69, 9.17) is 4.98 Å². The van der Waals surface area contributed by atoms with Crippen LogP contribution < -0.4 is 9.80 Å². The highest BCUT2D eigenvalue weighted by Gasteiger charge is 2.21. The number of anilines is 1. The molecule has 4 rings (SSSR count). The molecule has 2 aromatic carbocycles. The third-order valence-electron chi connectivity index (χ3n) is 5.18. The third kappa shape index (κ3) is 4.21. The van der Waals surface area contributed by atoms with Crippen LogP contribution in [0.3, 0.4) is 0 Å². The quantitative estimate of drug-likeness (QED) is 0.533. The Morgan fingerprint density at radius 3 is 2.43 bits per heavy atom. The molecule has 0 unspecified atom stereocenters. The van der Waals surface area contributed by atoms with Crippen LogP contribution in [-0.2, 0) is 6.54 Å². The summed E-state index contributed by atoms with van der Waals surface area (Å²) in [6.07, 6.45) is 0. The number of quaternary nitrogens is 1. The van der Waals surface area contributed by atoms with Crippen molar-refractivity contribution in [2.45, 2.75) is 13.5 Å². The Hall–Kier alpha value is -2.77. The number of non-ortho nitro benzene ring substituents is 1. The summed E-state index contributed by atoms with van der Waals surface area (Å²) < 4.78 is 0. The predicted octanol–water partition coefficient (Wildman–Crippen LogP) is 2.93. The topological polar surface area (TPSA) is 63.7 Å². The number of piperazine rings is 1. The maximum Gasteiger partial charge on any atom is 0.269 e. The fraction of sp³-hybridized carbons (Fsp3) is 0.286. The Morgan fingerprint density at radius 1 is 1.11 bits per heavy atom. The van der Waals surface area contributed by atoms with E-state index in [-0.39, 0.29) is 10.6 Å². The van der Waals surface area contributed by atoms with Gasteiger partial charge in [-0.1, -0.05) is 29.8 Å². The molecule has 1 fully saturated rings. The summed E-state index contributed by atoms with van der Waals surface area (Å²) in [5, 5.41) is 14.0. The van der Waals surface area contributed by atoms with E-state index < -0.39 is 0 Å². The number of benzene rings is 2. The molecular formula is C21H23N4O2S+. The lowest BCUT2D eigenvalue weighted by Gasteiger charge is -2.33. The van der Waals surface area contributed by atoms with Gasteiger partial charge in [-0.25, -0.2) is 4.98 Å². The smallest absolute Gasteiger partial charge is 0.269 e. The average Bonchev–Trinajstić information content (AvgIpc) is 3.18. The zero-order chi connectivity index (χ0) is 19.5. The van der Waals surface area contributed by atoms with E-state index in [0.29, 0.717) is 0 Å². The summed E-state index contributed by atoms with van der Waals surface area (Å²) in [5.41, 5.74) is 4.79. The van der Waals surface area contributed by atoms with Gasteiger partial charge in [0.2, 0.25) is 0 Å². The van der Waals surface area contributed by atoms with Gasteiger partial charge < -0.3 is 9.80 Å². The van der Waals surface area contributed by atoms with Gasteiger partial charge in [-0.05, 0) is 19.1 Å². The maximum atomic E-state index is 10.8. The Labute approximate surface area is 168 Å². The van der Waals surface area contributed by atoms with Crippen LogP contribution in [-0.4, -0.2) is 36.1 Å². The molecule has 0 aliphatic carbocycles. The van der Waals surface area contributed by atoms with Crippen molar-refractivity contribution in [3.05, 3.63) is 75.3 Å².